The molecule has 1 unspecified atom stereocenters. The van der Waals surface area contributed by atoms with E-state index in [1.165, 1.54) is 0 Å². The zero-order chi connectivity index (χ0) is 11.5. The Morgan fingerprint density at radius 2 is 2.06 bits per heavy atom. The fraction of sp³-hybridized carbons (Fsp3) is 0.231. The number of rotatable bonds is 3. The maximum absolute atomic E-state index is 10.2. The van der Waals surface area contributed by atoms with Crippen molar-refractivity contribution in [2.45, 2.75) is 19.4 Å². The molecule has 0 amide bonds. The molecule has 1 heterocycles. The van der Waals surface area contributed by atoms with Gasteiger partial charge in [0.15, 0.2) is 5.76 Å². The summed E-state index contributed by atoms with van der Waals surface area (Å²) in [5.74, 6) is 0.556. The van der Waals surface area contributed by atoms with E-state index in [0.717, 1.165) is 22.0 Å². The van der Waals surface area contributed by atoms with Gasteiger partial charge in [-0.25, -0.2) is 0 Å². The summed E-state index contributed by atoms with van der Waals surface area (Å²) < 4.78 is 6.08. The first kappa shape index (κ1) is 11.4. The predicted octanol–water partition coefficient (Wildman–Crippen LogP) is 3.69. The van der Waals surface area contributed by atoms with Gasteiger partial charge in [-0.1, -0.05) is 31.2 Å². The molecule has 0 spiro atoms. The van der Waals surface area contributed by atoms with Crippen LogP contribution < -0.4 is 0 Å². The maximum atomic E-state index is 10.2. The van der Waals surface area contributed by atoms with Crippen LogP contribution in [0.15, 0.2) is 45.5 Å². The molecule has 2 rings (SSSR count). The van der Waals surface area contributed by atoms with Crippen LogP contribution in [0.1, 0.15) is 29.9 Å². The Balaban J connectivity index is 2.41. The van der Waals surface area contributed by atoms with Crippen LogP contribution in [0.2, 0.25) is 0 Å². The number of benzene rings is 1. The van der Waals surface area contributed by atoms with E-state index in [1.54, 1.807) is 12.3 Å². The average molecular weight is 281 g/mol. The van der Waals surface area contributed by atoms with Gasteiger partial charge in [-0.05, 0) is 39.5 Å². The molecule has 3 heteroatoms. The van der Waals surface area contributed by atoms with E-state index >= 15 is 0 Å². The highest BCUT2D eigenvalue weighted by Gasteiger charge is 2.18. The highest BCUT2D eigenvalue weighted by molar-refractivity contribution is 9.10. The van der Waals surface area contributed by atoms with E-state index in [1.807, 2.05) is 24.3 Å². The van der Waals surface area contributed by atoms with Crippen LogP contribution in [-0.4, -0.2) is 5.11 Å². The summed E-state index contributed by atoms with van der Waals surface area (Å²) in [7, 11) is 0. The van der Waals surface area contributed by atoms with Crippen LogP contribution in [0.5, 0.6) is 0 Å². The van der Waals surface area contributed by atoms with Gasteiger partial charge in [0.05, 0.1) is 10.7 Å². The van der Waals surface area contributed by atoms with Gasteiger partial charge in [-0.2, -0.15) is 0 Å². The summed E-state index contributed by atoms with van der Waals surface area (Å²) in [5, 5.41) is 10.2. The van der Waals surface area contributed by atoms with Crippen molar-refractivity contribution in [3.63, 3.8) is 0 Å². The highest BCUT2D eigenvalue weighted by atomic mass is 79.9. The normalized spacial score (nSPS) is 12.7. The van der Waals surface area contributed by atoms with Gasteiger partial charge >= 0.3 is 0 Å². The van der Waals surface area contributed by atoms with Crippen LogP contribution in [0.4, 0.5) is 0 Å². The van der Waals surface area contributed by atoms with Crippen molar-refractivity contribution in [1.82, 2.24) is 0 Å². The first-order valence-electron chi connectivity index (χ1n) is 5.22. The van der Waals surface area contributed by atoms with Crippen LogP contribution in [-0.2, 0) is 6.42 Å². The molecule has 0 saturated carbocycles. The Kier molecular flexibility index (Phi) is 3.46. The molecule has 2 nitrogen and oxygen atoms in total. The Bertz CT molecular complexity index is 476. The third-order valence-electron chi connectivity index (χ3n) is 2.62. The number of hydrogen-bond donors (Lipinski definition) is 1. The topological polar surface area (TPSA) is 33.4 Å². The van der Waals surface area contributed by atoms with Crippen molar-refractivity contribution in [1.29, 1.82) is 0 Å². The zero-order valence-electron chi connectivity index (χ0n) is 8.98. The highest BCUT2D eigenvalue weighted by Crippen LogP contribution is 2.31. The van der Waals surface area contributed by atoms with Crippen LogP contribution in [0.25, 0.3) is 0 Å². The minimum atomic E-state index is -0.708. The van der Waals surface area contributed by atoms with E-state index in [4.69, 9.17) is 4.42 Å². The van der Waals surface area contributed by atoms with Gasteiger partial charge in [0.2, 0.25) is 0 Å². The summed E-state index contributed by atoms with van der Waals surface area (Å²) in [4.78, 5) is 0. The van der Waals surface area contributed by atoms with Gasteiger partial charge in [0.1, 0.15) is 6.10 Å². The molecule has 0 radical (unpaired) electrons. The molecular formula is C13H13BrO2. The number of aliphatic hydroxyl groups is 1. The van der Waals surface area contributed by atoms with Gasteiger partial charge in [0.25, 0.3) is 0 Å². The van der Waals surface area contributed by atoms with Crippen LogP contribution in [0.3, 0.4) is 0 Å². The first-order chi connectivity index (χ1) is 7.74. The fourth-order valence-corrected chi connectivity index (χ4v) is 2.18. The minimum absolute atomic E-state index is 0.556. The molecule has 1 atom stereocenters. The zero-order valence-corrected chi connectivity index (χ0v) is 10.6. The molecule has 0 saturated heterocycles. The number of hydrogen-bond acceptors (Lipinski definition) is 2. The van der Waals surface area contributed by atoms with Crippen molar-refractivity contribution in [2.75, 3.05) is 0 Å². The molecule has 0 aliphatic heterocycles. The Morgan fingerprint density at radius 1 is 1.31 bits per heavy atom. The lowest BCUT2D eigenvalue weighted by Crippen LogP contribution is -2.02. The lowest BCUT2D eigenvalue weighted by Gasteiger charge is -2.13. The quantitative estimate of drug-likeness (QED) is 0.930. The number of aryl methyl sites for hydroxylation is 1. The molecule has 0 aliphatic rings. The van der Waals surface area contributed by atoms with Gasteiger partial charge in [0, 0.05) is 0 Å². The summed E-state index contributed by atoms with van der Waals surface area (Å²) in [6.45, 7) is 2.07. The lowest BCUT2D eigenvalue weighted by atomic mass is 9.99. The number of halogens is 1. The molecule has 1 aromatic carbocycles. The molecule has 1 aromatic heterocycles. The SMILES string of the molecule is CCc1ccccc1C(O)c1occc1Br. The number of furan rings is 1. The predicted molar refractivity (Wildman–Crippen MR) is 66.3 cm³/mol. The van der Waals surface area contributed by atoms with E-state index in [2.05, 4.69) is 22.9 Å². The van der Waals surface area contributed by atoms with E-state index in [0.29, 0.717) is 5.76 Å². The van der Waals surface area contributed by atoms with Crippen LogP contribution in [0, 0.1) is 0 Å². The standard InChI is InChI=1S/C13H13BrO2/c1-2-9-5-3-4-6-10(9)12(15)13-11(14)7-8-16-13/h3-8,12,15H,2H2,1H3. The van der Waals surface area contributed by atoms with Crippen molar-refractivity contribution in [3.05, 3.63) is 58.0 Å². The van der Waals surface area contributed by atoms with E-state index in [-0.39, 0.29) is 0 Å². The minimum Gasteiger partial charge on any atom is -0.465 e. The summed E-state index contributed by atoms with van der Waals surface area (Å²) in [6, 6.07) is 9.64. The van der Waals surface area contributed by atoms with Crippen LogP contribution >= 0.6 is 15.9 Å². The Labute approximate surface area is 103 Å². The van der Waals surface area contributed by atoms with Gasteiger partial charge in [-0.15, -0.1) is 0 Å². The van der Waals surface area contributed by atoms with Crippen molar-refractivity contribution < 1.29 is 9.52 Å². The van der Waals surface area contributed by atoms with Gasteiger partial charge < -0.3 is 9.52 Å². The lowest BCUT2D eigenvalue weighted by molar-refractivity contribution is 0.187. The summed E-state index contributed by atoms with van der Waals surface area (Å²) >= 11 is 3.36. The molecule has 0 bridgehead atoms. The Hall–Kier alpha value is -1.06. The van der Waals surface area contributed by atoms with E-state index in [9.17, 15) is 5.11 Å². The first-order valence-corrected chi connectivity index (χ1v) is 6.02. The molecule has 84 valence electrons. The summed E-state index contributed by atoms with van der Waals surface area (Å²) in [5.41, 5.74) is 2.04. The molecular weight excluding hydrogens is 268 g/mol. The molecule has 0 fully saturated rings. The molecule has 16 heavy (non-hydrogen) atoms. The smallest absolute Gasteiger partial charge is 0.150 e. The Morgan fingerprint density at radius 3 is 2.69 bits per heavy atom. The average Bonchev–Trinajstić information content (AvgIpc) is 2.74. The second-order valence-electron chi connectivity index (χ2n) is 3.59. The van der Waals surface area contributed by atoms with Gasteiger partial charge in [-0.3, -0.25) is 0 Å². The third kappa shape index (κ3) is 2.06. The number of aliphatic hydroxyl groups excluding tert-OH is 1. The second-order valence-corrected chi connectivity index (χ2v) is 4.44. The molecule has 2 aromatic rings. The fourth-order valence-electron chi connectivity index (χ4n) is 1.76. The maximum Gasteiger partial charge on any atom is 0.150 e. The monoisotopic (exact) mass is 280 g/mol. The van der Waals surface area contributed by atoms with Crippen molar-refractivity contribution >= 4 is 15.9 Å². The van der Waals surface area contributed by atoms with Crippen molar-refractivity contribution in [3.8, 4) is 0 Å². The van der Waals surface area contributed by atoms with E-state index < -0.39 is 6.10 Å². The largest absolute Gasteiger partial charge is 0.465 e. The summed E-state index contributed by atoms with van der Waals surface area (Å²) in [6.07, 6.45) is 1.75. The second kappa shape index (κ2) is 4.85. The third-order valence-corrected chi connectivity index (χ3v) is 3.28. The molecule has 1 N–H and O–H groups in total. The molecule has 0 aliphatic carbocycles. The van der Waals surface area contributed by atoms with Crippen molar-refractivity contribution in [2.24, 2.45) is 0 Å².